The minimum Gasteiger partial charge on any atom is -0.379 e. The van der Waals surface area contributed by atoms with Gasteiger partial charge < -0.3 is 10.3 Å². The molecule has 0 aliphatic rings. The summed E-state index contributed by atoms with van der Waals surface area (Å²) in [6.45, 7) is -0.0701. The lowest BCUT2D eigenvalue weighted by atomic mass is 10.2. The molecule has 0 spiro atoms. The molecule has 0 atom stereocenters. The SMILES string of the molecule is N#CCn1c(-c2nonc2N)nc2c([N+](=O)[O-])cccc21. The molecular weight excluding hydrogens is 278 g/mol. The number of nitrogens with zero attached hydrogens (tertiary/aromatic N) is 6. The molecule has 0 fully saturated rings. The predicted octanol–water partition coefficient (Wildman–Crippen LogP) is 1.10. The Kier molecular flexibility index (Phi) is 2.73. The van der Waals surface area contributed by atoms with Crippen LogP contribution in [0.5, 0.6) is 0 Å². The van der Waals surface area contributed by atoms with Crippen LogP contribution in [-0.4, -0.2) is 24.8 Å². The average molecular weight is 285 g/mol. The van der Waals surface area contributed by atoms with Gasteiger partial charge in [0.05, 0.1) is 16.5 Å². The Morgan fingerprint density at radius 3 is 2.90 bits per heavy atom. The summed E-state index contributed by atoms with van der Waals surface area (Å²) < 4.78 is 5.98. The molecule has 0 radical (unpaired) electrons. The predicted molar refractivity (Wildman–Crippen MR) is 69.7 cm³/mol. The molecule has 0 bridgehead atoms. The maximum atomic E-state index is 11.1. The molecule has 0 saturated carbocycles. The van der Waals surface area contributed by atoms with E-state index >= 15 is 0 Å². The van der Waals surface area contributed by atoms with E-state index in [1.807, 2.05) is 6.07 Å². The van der Waals surface area contributed by atoms with Crippen LogP contribution in [0.15, 0.2) is 22.8 Å². The van der Waals surface area contributed by atoms with Gasteiger partial charge in [0.1, 0.15) is 6.54 Å². The van der Waals surface area contributed by atoms with Crippen LogP contribution in [0.25, 0.3) is 22.6 Å². The van der Waals surface area contributed by atoms with Gasteiger partial charge in [-0.2, -0.15) is 5.26 Å². The fraction of sp³-hybridized carbons (Fsp3) is 0.0909. The first kappa shape index (κ1) is 12.5. The van der Waals surface area contributed by atoms with E-state index in [-0.39, 0.29) is 35.1 Å². The van der Waals surface area contributed by atoms with Gasteiger partial charge in [-0.25, -0.2) is 9.61 Å². The van der Waals surface area contributed by atoms with E-state index in [2.05, 4.69) is 19.9 Å². The lowest BCUT2D eigenvalue weighted by molar-refractivity contribution is -0.383. The fourth-order valence-corrected chi connectivity index (χ4v) is 2.04. The minimum atomic E-state index is -0.541. The first-order valence-electron chi connectivity index (χ1n) is 5.72. The first-order valence-corrected chi connectivity index (χ1v) is 5.72. The topological polar surface area (TPSA) is 150 Å². The third kappa shape index (κ3) is 1.84. The van der Waals surface area contributed by atoms with Crippen LogP contribution in [0.2, 0.25) is 0 Å². The molecule has 0 saturated heterocycles. The van der Waals surface area contributed by atoms with Gasteiger partial charge in [0, 0.05) is 6.07 Å². The van der Waals surface area contributed by atoms with Gasteiger partial charge >= 0.3 is 0 Å². The van der Waals surface area contributed by atoms with Crippen LogP contribution >= 0.6 is 0 Å². The van der Waals surface area contributed by atoms with E-state index in [1.165, 1.54) is 16.7 Å². The molecular formula is C11H7N7O3. The number of fused-ring (bicyclic) bond motifs is 1. The van der Waals surface area contributed by atoms with Gasteiger partial charge in [0.25, 0.3) is 5.69 Å². The lowest BCUT2D eigenvalue weighted by Crippen LogP contribution is -2.00. The maximum absolute atomic E-state index is 11.1. The zero-order chi connectivity index (χ0) is 15.0. The van der Waals surface area contributed by atoms with Crippen LogP contribution in [0.4, 0.5) is 11.5 Å². The van der Waals surface area contributed by atoms with E-state index in [9.17, 15) is 10.1 Å². The summed E-state index contributed by atoms with van der Waals surface area (Å²) in [6.07, 6.45) is 0. The van der Waals surface area contributed by atoms with E-state index in [1.54, 1.807) is 6.07 Å². The Morgan fingerprint density at radius 1 is 1.48 bits per heavy atom. The monoisotopic (exact) mass is 285 g/mol. The van der Waals surface area contributed by atoms with Crippen LogP contribution in [0, 0.1) is 21.4 Å². The Hall–Kier alpha value is -3.48. The highest BCUT2D eigenvalue weighted by atomic mass is 16.6. The number of nitrogens with two attached hydrogens (primary N) is 1. The number of non-ortho nitro benzene ring substituents is 1. The summed E-state index contributed by atoms with van der Waals surface area (Å²) in [5.41, 5.74) is 6.17. The second kappa shape index (κ2) is 4.57. The van der Waals surface area contributed by atoms with E-state index in [4.69, 9.17) is 11.0 Å². The van der Waals surface area contributed by atoms with E-state index < -0.39 is 4.92 Å². The average Bonchev–Trinajstić information content (AvgIpc) is 3.03. The molecule has 1 aromatic carbocycles. The number of nitro benzene ring substituents is 1. The van der Waals surface area contributed by atoms with Crippen molar-refractivity contribution in [1.82, 2.24) is 19.9 Å². The second-order valence-corrected chi connectivity index (χ2v) is 4.08. The summed E-state index contributed by atoms with van der Waals surface area (Å²) in [6, 6.07) is 6.44. The number of rotatable bonds is 3. The molecule has 104 valence electrons. The molecule has 3 rings (SSSR count). The largest absolute Gasteiger partial charge is 0.379 e. The summed E-state index contributed by atoms with van der Waals surface area (Å²) in [5, 5.41) is 27.1. The van der Waals surface area contributed by atoms with Crippen molar-refractivity contribution >= 4 is 22.5 Å². The Labute approximate surface area is 116 Å². The van der Waals surface area contributed by atoms with Crippen molar-refractivity contribution in [1.29, 1.82) is 5.26 Å². The zero-order valence-electron chi connectivity index (χ0n) is 10.4. The van der Waals surface area contributed by atoms with Crippen molar-refractivity contribution in [2.45, 2.75) is 6.54 Å². The number of nitrogen functional groups attached to an aromatic ring is 1. The molecule has 3 aromatic rings. The number of hydrogen-bond donors (Lipinski definition) is 1. The summed E-state index contributed by atoms with van der Waals surface area (Å²) >= 11 is 0. The molecule has 10 nitrogen and oxygen atoms in total. The third-order valence-corrected chi connectivity index (χ3v) is 2.91. The number of nitro groups is 1. The number of hydrogen-bond acceptors (Lipinski definition) is 8. The highest BCUT2D eigenvalue weighted by Gasteiger charge is 2.23. The molecule has 0 amide bonds. The summed E-state index contributed by atoms with van der Waals surface area (Å²) in [5.74, 6) is 0.187. The molecule has 21 heavy (non-hydrogen) atoms. The number of aromatic nitrogens is 4. The minimum absolute atomic E-state index is 0.00727. The van der Waals surface area contributed by atoms with Crippen molar-refractivity contribution in [2.24, 2.45) is 0 Å². The summed E-state index contributed by atoms with van der Waals surface area (Å²) in [7, 11) is 0. The van der Waals surface area contributed by atoms with Gasteiger partial charge in [-0.1, -0.05) is 6.07 Å². The normalized spacial score (nSPS) is 10.6. The van der Waals surface area contributed by atoms with Crippen molar-refractivity contribution < 1.29 is 9.55 Å². The molecule has 2 N–H and O–H groups in total. The van der Waals surface area contributed by atoms with Crippen LogP contribution < -0.4 is 5.73 Å². The second-order valence-electron chi connectivity index (χ2n) is 4.08. The van der Waals surface area contributed by atoms with Crippen LogP contribution in [0.3, 0.4) is 0 Å². The molecule has 0 unspecified atom stereocenters. The maximum Gasteiger partial charge on any atom is 0.297 e. The quantitative estimate of drug-likeness (QED) is 0.555. The standard InChI is InChI=1S/C11H7N7O3/c12-4-5-17-6-2-1-3-7(18(19)20)8(6)14-11(17)9-10(13)16-21-15-9/h1-3H,5H2,(H2,13,16). The third-order valence-electron chi connectivity index (χ3n) is 2.91. The molecule has 0 aliphatic carbocycles. The van der Waals surface area contributed by atoms with Gasteiger partial charge in [0.2, 0.25) is 0 Å². The lowest BCUT2D eigenvalue weighted by Gasteiger charge is -2.01. The Balaban J connectivity index is 2.37. The van der Waals surface area contributed by atoms with Crippen LogP contribution in [-0.2, 0) is 6.54 Å². The molecule has 2 aromatic heterocycles. The fourth-order valence-electron chi connectivity index (χ4n) is 2.04. The molecule has 0 aliphatic heterocycles. The van der Waals surface area contributed by atoms with Crippen molar-refractivity contribution in [3.05, 3.63) is 28.3 Å². The van der Waals surface area contributed by atoms with E-state index in [0.717, 1.165) is 0 Å². The van der Waals surface area contributed by atoms with Gasteiger partial charge in [-0.15, -0.1) is 0 Å². The Bertz CT molecular complexity index is 889. The van der Waals surface area contributed by atoms with E-state index in [0.29, 0.717) is 5.52 Å². The summed E-state index contributed by atoms with van der Waals surface area (Å²) in [4.78, 5) is 14.7. The highest BCUT2D eigenvalue weighted by Crippen LogP contribution is 2.31. The van der Waals surface area contributed by atoms with Crippen LogP contribution in [0.1, 0.15) is 0 Å². The highest BCUT2D eigenvalue weighted by molar-refractivity contribution is 5.88. The number of imidazole rings is 1. The smallest absolute Gasteiger partial charge is 0.297 e. The van der Waals surface area contributed by atoms with Gasteiger partial charge in [0.15, 0.2) is 22.9 Å². The number of anilines is 1. The van der Waals surface area contributed by atoms with Crippen molar-refractivity contribution in [3.63, 3.8) is 0 Å². The number of para-hydroxylation sites is 1. The zero-order valence-corrected chi connectivity index (χ0v) is 10.4. The molecule has 10 heteroatoms. The molecule has 2 heterocycles. The first-order chi connectivity index (χ1) is 10.1. The van der Waals surface area contributed by atoms with Gasteiger partial charge in [-0.3, -0.25) is 10.1 Å². The Morgan fingerprint density at radius 2 is 2.29 bits per heavy atom. The van der Waals surface area contributed by atoms with Crippen molar-refractivity contribution in [2.75, 3.05) is 5.73 Å². The van der Waals surface area contributed by atoms with Crippen molar-refractivity contribution in [3.8, 4) is 17.6 Å². The number of benzene rings is 1. The number of nitriles is 1. The van der Waals surface area contributed by atoms with Gasteiger partial charge in [-0.05, 0) is 16.4 Å².